The van der Waals surface area contributed by atoms with Gasteiger partial charge < -0.3 is 19.2 Å². The van der Waals surface area contributed by atoms with Crippen LogP contribution in [-0.2, 0) is 16.1 Å². The Balaban J connectivity index is 1.83. The minimum atomic E-state index is -0.502. The molecule has 0 saturated carbocycles. The molecule has 2 heterocycles. The van der Waals surface area contributed by atoms with Crippen LogP contribution in [0.3, 0.4) is 0 Å². The van der Waals surface area contributed by atoms with Crippen LogP contribution in [0.2, 0.25) is 0 Å². The van der Waals surface area contributed by atoms with Crippen molar-refractivity contribution in [2.75, 3.05) is 6.61 Å². The summed E-state index contributed by atoms with van der Waals surface area (Å²) in [7, 11) is 0. The number of fused-ring (bicyclic) bond motifs is 3. The van der Waals surface area contributed by atoms with Gasteiger partial charge in [-0.25, -0.2) is 0 Å². The maximum atomic E-state index is 11.9. The molecule has 0 spiro atoms. The average Bonchev–Trinajstić information content (AvgIpc) is 3.11. The molecular weight excluding hydrogens is 282 g/mol. The molecule has 3 rings (SSSR count). The van der Waals surface area contributed by atoms with Crippen LogP contribution in [0.1, 0.15) is 39.7 Å². The third kappa shape index (κ3) is 2.75. The second kappa shape index (κ2) is 5.23. The molecule has 0 bridgehead atoms. The second-order valence-corrected chi connectivity index (χ2v) is 6.58. The largest absolute Gasteiger partial charge is 0.493 e. The third-order valence-electron chi connectivity index (χ3n) is 3.45. The van der Waals surface area contributed by atoms with E-state index in [4.69, 9.17) is 14.2 Å². The Bertz CT molecular complexity index is 724. The van der Waals surface area contributed by atoms with Crippen molar-refractivity contribution in [2.45, 2.75) is 40.7 Å². The number of esters is 1. The summed E-state index contributed by atoms with van der Waals surface area (Å²) in [6.45, 7) is 8.46. The van der Waals surface area contributed by atoms with E-state index >= 15 is 0 Å². The third-order valence-corrected chi connectivity index (χ3v) is 3.45. The van der Waals surface area contributed by atoms with Crippen LogP contribution in [0.5, 0.6) is 17.4 Å². The van der Waals surface area contributed by atoms with E-state index in [1.54, 1.807) is 0 Å². The number of hydrogen-bond donors (Lipinski definition) is 1. The standard InChI is InChI=1S/C17H21NO4/c1-5-6-20-12-8-10(9-21-16(19)17(2,3)4)7-11-13(12)14-15(18-11)22-14/h7-8,18H,5-6,9H2,1-4H3. The van der Waals surface area contributed by atoms with E-state index < -0.39 is 5.41 Å². The van der Waals surface area contributed by atoms with Gasteiger partial charge in [0.15, 0.2) is 0 Å². The molecule has 0 unspecified atom stereocenters. The maximum absolute atomic E-state index is 11.9. The minimum Gasteiger partial charge on any atom is -0.493 e. The number of hydrogen-bond acceptors (Lipinski definition) is 4. The highest BCUT2D eigenvalue weighted by Gasteiger charge is 2.30. The number of aromatic amines is 1. The second-order valence-electron chi connectivity index (χ2n) is 6.58. The van der Waals surface area contributed by atoms with Gasteiger partial charge >= 0.3 is 5.97 Å². The Labute approximate surface area is 129 Å². The van der Waals surface area contributed by atoms with Crippen LogP contribution in [-0.4, -0.2) is 17.6 Å². The van der Waals surface area contributed by atoms with E-state index in [0.29, 0.717) is 6.61 Å². The molecule has 118 valence electrons. The first kappa shape index (κ1) is 14.8. The van der Waals surface area contributed by atoms with Crippen LogP contribution in [0, 0.1) is 5.41 Å². The first-order valence-electron chi connectivity index (χ1n) is 7.56. The number of carbonyl (C=O) groups is 1. The normalized spacial score (nSPS) is 12.7. The summed E-state index contributed by atoms with van der Waals surface area (Å²) in [4.78, 5) is 15.1. The van der Waals surface area contributed by atoms with Gasteiger partial charge in [-0.1, -0.05) is 6.92 Å². The summed E-state index contributed by atoms with van der Waals surface area (Å²) in [5.41, 5.74) is 1.35. The Morgan fingerprint density at radius 2 is 2.09 bits per heavy atom. The number of ether oxygens (including phenoxy) is 3. The molecular formula is C17H21NO4. The van der Waals surface area contributed by atoms with Crippen molar-refractivity contribution in [2.24, 2.45) is 5.41 Å². The van der Waals surface area contributed by atoms with Crippen molar-refractivity contribution >= 4 is 16.9 Å². The molecule has 2 aromatic rings. The van der Waals surface area contributed by atoms with Gasteiger partial charge in [-0.15, -0.1) is 0 Å². The molecule has 1 aromatic carbocycles. The molecule has 0 atom stereocenters. The number of carbonyl (C=O) groups excluding carboxylic acids is 1. The number of aromatic nitrogens is 1. The molecule has 5 heteroatoms. The molecule has 0 radical (unpaired) electrons. The van der Waals surface area contributed by atoms with Crippen molar-refractivity contribution in [1.82, 2.24) is 4.98 Å². The van der Waals surface area contributed by atoms with Crippen molar-refractivity contribution in [3.8, 4) is 17.4 Å². The highest BCUT2D eigenvalue weighted by molar-refractivity contribution is 5.99. The monoisotopic (exact) mass is 303 g/mol. The quantitative estimate of drug-likeness (QED) is 0.568. The molecule has 1 aliphatic rings. The van der Waals surface area contributed by atoms with Gasteiger partial charge in [-0.2, -0.15) is 0 Å². The van der Waals surface area contributed by atoms with Crippen LogP contribution in [0.4, 0.5) is 0 Å². The van der Waals surface area contributed by atoms with Crippen molar-refractivity contribution < 1.29 is 19.0 Å². The van der Waals surface area contributed by atoms with E-state index in [2.05, 4.69) is 11.9 Å². The van der Waals surface area contributed by atoms with Crippen molar-refractivity contribution in [3.63, 3.8) is 0 Å². The Hall–Kier alpha value is -2.17. The number of nitrogens with one attached hydrogen (secondary N) is 1. The van der Waals surface area contributed by atoms with Gasteiger partial charge in [0.05, 0.1) is 22.9 Å². The van der Waals surface area contributed by atoms with Gasteiger partial charge in [0.1, 0.15) is 12.4 Å². The van der Waals surface area contributed by atoms with E-state index in [1.165, 1.54) is 0 Å². The lowest BCUT2D eigenvalue weighted by atomic mass is 9.97. The maximum Gasteiger partial charge on any atom is 0.311 e. The average molecular weight is 303 g/mol. The molecule has 0 aliphatic carbocycles. The molecule has 22 heavy (non-hydrogen) atoms. The molecule has 1 N–H and O–H groups in total. The lowest BCUT2D eigenvalue weighted by Gasteiger charge is -2.17. The fourth-order valence-electron chi connectivity index (χ4n) is 2.23. The van der Waals surface area contributed by atoms with E-state index in [-0.39, 0.29) is 12.6 Å². The van der Waals surface area contributed by atoms with Crippen molar-refractivity contribution in [3.05, 3.63) is 17.7 Å². The minimum absolute atomic E-state index is 0.216. The highest BCUT2D eigenvalue weighted by Crippen LogP contribution is 2.53. The smallest absolute Gasteiger partial charge is 0.311 e. The molecule has 0 amide bonds. The number of rotatable bonds is 5. The van der Waals surface area contributed by atoms with Gasteiger partial charge in [-0.05, 0) is 44.9 Å². The van der Waals surface area contributed by atoms with Crippen molar-refractivity contribution in [1.29, 1.82) is 0 Å². The first-order valence-corrected chi connectivity index (χ1v) is 7.56. The predicted octanol–water partition coefficient (Wildman–Crippen LogP) is 4.15. The summed E-state index contributed by atoms with van der Waals surface area (Å²) < 4.78 is 16.5. The number of benzene rings is 1. The SMILES string of the molecule is CCCOc1cc(COC(=O)C(C)(C)C)cc2[nH]c3c(c12)O3. The lowest BCUT2D eigenvalue weighted by Crippen LogP contribution is -2.22. The van der Waals surface area contributed by atoms with E-state index in [1.807, 2.05) is 32.9 Å². The fraction of sp³-hybridized carbons (Fsp3) is 0.471. The Kier molecular flexibility index (Phi) is 3.51. The van der Waals surface area contributed by atoms with Crippen LogP contribution in [0.15, 0.2) is 12.1 Å². The fourth-order valence-corrected chi connectivity index (χ4v) is 2.23. The van der Waals surface area contributed by atoms with E-state index in [9.17, 15) is 4.79 Å². The summed E-state index contributed by atoms with van der Waals surface area (Å²) >= 11 is 0. The number of H-pyrrole nitrogens is 1. The summed E-state index contributed by atoms with van der Waals surface area (Å²) in [5, 5.41) is 0.967. The summed E-state index contributed by atoms with van der Waals surface area (Å²) in [6.07, 6.45) is 0.929. The van der Waals surface area contributed by atoms with Crippen LogP contribution in [0.25, 0.3) is 10.9 Å². The predicted molar refractivity (Wildman–Crippen MR) is 83.4 cm³/mol. The molecule has 1 aromatic heterocycles. The molecule has 0 saturated heterocycles. The molecule has 5 nitrogen and oxygen atoms in total. The summed E-state index contributed by atoms with van der Waals surface area (Å²) in [6, 6.07) is 3.89. The highest BCUT2D eigenvalue weighted by atomic mass is 16.6. The van der Waals surface area contributed by atoms with Crippen LogP contribution < -0.4 is 9.47 Å². The summed E-state index contributed by atoms with van der Waals surface area (Å²) in [5.74, 6) is 2.21. The zero-order chi connectivity index (χ0) is 15.9. The van der Waals surface area contributed by atoms with Gasteiger partial charge in [0.25, 0.3) is 0 Å². The zero-order valence-corrected chi connectivity index (χ0v) is 13.4. The van der Waals surface area contributed by atoms with E-state index in [0.717, 1.165) is 40.3 Å². The molecule has 0 fully saturated rings. The topological polar surface area (TPSA) is 63.9 Å². The van der Waals surface area contributed by atoms with Crippen LogP contribution >= 0.6 is 0 Å². The Morgan fingerprint density at radius 3 is 2.77 bits per heavy atom. The van der Waals surface area contributed by atoms with Gasteiger partial charge in [0.2, 0.25) is 11.6 Å². The lowest BCUT2D eigenvalue weighted by molar-refractivity contribution is -0.154. The van der Waals surface area contributed by atoms with Gasteiger partial charge in [-0.3, -0.25) is 4.79 Å². The van der Waals surface area contributed by atoms with Gasteiger partial charge in [0, 0.05) is 0 Å². The Morgan fingerprint density at radius 1 is 1.32 bits per heavy atom. The molecule has 1 aliphatic heterocycles. The zero-order valence-electron chi connectivity index (χ0n) is 13.4. The first-order chi connectivity index (χ1) is 10.4.